The molecule has 0 aliphatic rings. The number of nitrogens with one attached hydrogen (secondary N) is 2. The molecule has 2 atom stereocenters. The van der Waals surface area contributed by atoms with Crippen molar-refractivity contribution in [2.24, 2.45) is 0 Å². The Hall–Kier alpha value is -2.34. The highest BCUT2D eigenvalue weighted by Crippen LogP contribution is 2.27. The highest BCUT2D eigenvalue weighted by atomic mass is 16.4. The Kier molecular flexibility index (Phi) is 5.85. The fourth-order valence-electron chi connectivity index (χ4n) is 3.14. The van der Waals surface area contributed by atoms with Crippen molar-refractivity contribution in [2.75, 3.05) is 0 Å². The van der Waals surface area contributed by atoms with Crippen LogP contribution in [0.25, 0.3) is 0 Å². The van der Waals surface area contributed by atoms with E-state index >= 15 is 0 Å². The zero-order valence-corrected chi connectivity index (χ0v) is 15.3. The average molecular weight is 346 g/mol. The van der Waals surface area contributed by atoms with Crippen LogP contribution in [0.2, 0.25) is 0 Å². The minimum atomic E-state index is -0.784. The molecule has 1 amide bonds. The first-order valence-electron chi connectivity index (χ1n) is 8.48. The molecule has 0 saturated carbocycles. The third-order valence-corrected chi connectivity index (χ3v) is 4.21. The summed E-state index contributed by atoms with van der Waals surface area (Å²) in [5.41, 5.74) is 2.44. The molecule has 2 heterocycles. The Bertz CT molecular complexity index is 744. The number of ketones is 1. The molecule has 136 valence electrons. The molecule has 0 aromatic carbocycles. The van der Waals surface area contributed by atoms with Gasteiger partial charge in [-0.1, -0.05) is 13.8 Å². The van der Waals surface area contributed by atoms with Crippen LogP contribution in [0, 0.1) is 6.92 Å². The van der Waals surface area contributed by atoms with Gasteiger partial charge >= 0.3 is 0 Å². The largest absolute Gasteiger partial charge is 0.467 e. The number of aromatic amines is 1. The fraction of sp³-hybridized carbons (Fsp3) is 0.474. The number of aromatic nitrogens is 1. The molecular weight excluding hydrogens is 320 g/mol. The predicted molar refractivity (Wildman–Crippen MR) is 94.8 cm³/mol. The Morgan fingerprint density at radius 3 is 2.52 bits per heavy atom. The minimum absolute atomic E-state index is 0.0358. The Labute approximate surface area is 147 Å². The van der Waals surface area contributed by atoms with Crippen molar-refractivity contribution < 1.29 is 19.1 Å². The summed E-state index contributed by atoms with van der Waals surface area (Å²) in [4.78, 5) is 27.7. The Balaban J connectivity index is 2.15. The lowest BCUT2D eigenvalue weighted by molar-refractivity contribution is 0.0897. The molecule has 0 spiro atoms. The van der Waals surface area contributed by atoms with E-state index in [0.29, 0.717) is 29.1 Å². The lowest BCUT2D eigenvalue weighted by Gasteiger charge is -2.17. The van der Waals surface area contributed by atoms with Gasteiger partial charge in [-0.15, -0.1) is 0 Å². The summed E-state index contributed by atoms with van der Waals surface area (Å²) in [5.74, 6) is 0.170. The number of rotatable bonds is 7. The smallest absolute Gasteiger partial charge is 0.268 e. The van der Waals surface area contributed by atoms with E-state index < -0.39 is 6.10 Å². The van der Waals surface area contributed by atoms with E-state index in [4.69, 9.17) is 4.42 Å². The summed E-state index contributed by atoms with van der Waals surface area (Å²) in [6, 6.07) is 3.14. The molecule has 3 N–H and O–H groups in total. The molecule has 2 unspecified atom stereocenters. The monoisotopic (exact) mass is 346 g/mol. The molecule has 0 bridgehead atoms. The number of amides is 1. The molecule has 2 aromatic heterocycles. The van der Waals surface area contributed by atoms with Crippen molar-refractivity contribution in [3.63, 3.8) is 0 Å². The van der Waals surface area contributed by atoms with Gasteiger partial charge in [0.1, 0.15) is 17.6 Å². The number of hydrogen-bond acceptors (Lipinski definition) is 4. The molecule has 6 heteroatoms. The second-order valence-corrected chi connectivity index (χ2v) is 6.77. The second-order valence-electron chi connectivity index (χ2n) is 6.77. The first kappa shape index (κ1) is 19.0. The van der Waals surface area contributed by atoms with Gasteiger partial charge in [0.15, 0.2) is 5.78 Å². The van der Waals surface area contributed by atoms with Crippen molar-refractivity contribution in [1.82, 2.24) is 10.3 Å². The summed E-state index contributed by atoms with van der Waals surface area (Å²) < 4.78 is 5.18. The summed E-state index contributed by atoms with van der Waals surface area (Å²) in [6.07, 6.45) is 1.05. The Morgan fingerprint density at radius 1 is 1.32 bits per heavy atom. The van der Waals surface area contributed by atoms with E-state index in [1.165, 1.54) is 13.2 Å². The zero-order chi connectivity index (χ0) is 18.7. The van der Waals surface area contributed by atoms with Gasteiger partial charge in [-0.25, -0.2) is 0 Å². The standard InChI is InChI=1S/C19H26N2O4/c1-10(2)16-17(13(5)22)12(4)21-18(16)19(24)20-11(3)9-14(23)15-7-6-8-25-15/h6-8,10-11,14,21,23H,9H2,1-5H3,(H,20,24). The van der Waals surface area contributed by atoms with Gasteiger partial charge in [0, 0.05) is 23.7 Å². The lowest BCUT2D eigenvalue weighted by atomic mass is 9.95. The van der Waals surface area contributed by atoms with Crippen molar-refractivity contribution >= 4 is 11.7 Å². The number of furan rings is 1. The van der Waals surface area contributed by atoms with Crippen molar-refractivity contribution in [3.8, 4) is 0 Å². The Morgan fingerprint density at radius 2 is 2.00 bits per heavy atom. The lowest BCUT2D eigenvalue weighted by Crippen LogP contribution is -2.34. The molecule has 0 fully saturated rings. The molecule has 2 rings (SSSR count). The summed E-state index contributed by atoms with van der Waals surface area (Å²) >= 11 is 0. The van der Waals surface area contributed by atoms with Crippen LogP contribution in [0.5, 0.6) is 0 Å². The fourth-order valence-corrected chi connectivity index (χ4v) is 3.14. The molecule has 0 radical (unpaired) electrons. The molecule has 6 nitrogen and oxygen atoms in total. The highest BCUT2D eigenvalue weighted by Gasteiger charge is 2.26. The third-order valence-electron chi connectivity index (χ3n) is 4.21. The molecule has 0 saturated heterocycles. The van der Waals surface area contributed by atoms with E-state index in [9.17, 15) is 14.7 Å². The van der Waals surface area contributed by atoms with E-state index in [1.54, 1.807) is 19.1 Å². The molecular formula is C19H26N2O4. The van der Waals surface area contributed by atoms with Crippen LogP contribution in [-0.4, -0.2) is 27.8 Å². The average Bonchev–Trinajstić information content (AvgIpc) is 3.13. The molecule has 2 aromatic rings. The molecule has 0 aliphatic heterocycles. The molecule has 25 heavy (non-hydrogen) atoms. The quantitative estimate of drug-likeness (QED) is 0.669. The van der Waals surface area contributed by atoms with Gasteiger partial charge in [-0.05, 0) is 44.4 Å². The highest BCUT2D eigenvalue weighted by molar-refractivity contribution is 6.03. The second kappa shape index (κ2) is 7.70. The first-order chi connectivity index (χ1) is 11.7. The van der Waals surface area contributed by atoms with Crippen LogP contribution in [0.4, 0.5) is 0 Å². The van der Waals surface area contributed by atoms with E-state index in [2.05, 4.69) is 10.3 Å². The van der Waals surface area contributed by atoms with Crippen LogP contribution in [0.15, 0.2) is 22.8 Å². The van der Waals surface area contributed by atoms with Crippen LogP contribution in [-0.2, 0) is 0 Å². The van der Waals surface area contributed by atoms with Crippen LogP contribution < -0.4 is 5.32 Å². The van der Waals surface area contributed by atoms with Crippen LogP contribution in [0.1, 0.15) is 84.0 Å². The maximum Gasteiger partial charge on any atom is 0.268 e. The van der Waals surface area contributed by atoms with E-state index in [-0.39, 0.29) is 23.7 Å². The van der Waals surface area contributed by atoms with Crippen molar-refractivity contribution in [3.05, 3.63) is 46.7 Å². The van der Waals surface area contributed by atoms with Crippen molar-refractivity contribution in [2.45, 2.75) is 59.1 Å². The number of carbonyl (C=O) groups excluding carboxylic acids is 2. The van der Waals surface area contributed by atoms with Gasteiger partial charge in [0.25, 0.3) is 5.91 Å². The molecule has 0 aliphatic carbocycles. The first-order valence-corrected chi connectivity index (χ1v) is 8.48. The van der Waals surface area contributed by atoms with E-state index in [0.717, 1.165) is 5.56 Å². The summed E-state index contributed by atoms with van der Waals surface area (Å²) in [7, 11) is 0. The normalized spacial score (nSPS) is 13.7. The van der Waals surface area contributed by atoms with Gasteiger partial charge in [-0.2, -0.15) is 0 Å². The van der Waals surface area contributed by atoms with Gasteiger partial charge in [0.05, 0.1) is 6.26 Å². The number of hydrogen-bond donors (Lipinski definition) is 3. The number of aryl methyl sites for hydroxylation is 1. The number of aliphatic hydroxyl groups is 1. The minimum Gasteiger partial charge on any atom is -0.467 e. The number of H-pyrrole nitrogens is 1. The van der Waals surface area contributed by atoms with Gasteiger partial charge in [0.2, 0.25) is 0 Å². The van der Waals surface area contributed by atoms with Crippen LogP contribution in [0.3, 0.4) is 0 Å². The number of carbonyl (C=O) groups is 2. The topological polar surface area (TPSA) is 95.3 Å². The SMILES string of the molecule is CC(=O)c1c(C)[nH]c(C(=O)NC(C)CC(O)c2ccco2)c1C(C)C. The third kappa shape index (κ3) is 4.20. The van der Waals surface area contributed by atoms with E-state index in [1.807, 2.05) is 20.8 Å². The predicted octanol–water partition coefficient (Wildman–Crippen LogP) is 3.48. The zero-order valence-electron chi connectivity index (χ0n) is 15.3. The number of aliphatic hydroxyl groups excluding tert-OH is 1. The van der Waals surface area contributed by atoms with Gasteiger partial charge < -0.3 is 19.8 Å². The van der Waals surface area contributed by atoms with Crippen molar-refractivity contribution in [1.29, 1.82) is 0 Å². The maximum absolute atomic E-state index is 12.7. The maximum atomic E-state index is 12.7. The van der Waals surface area contributed by atoms with Crippen LogP contribution >= 0.6 is 0 Å². The van der Waals surface area contributed by atoms with Gasteiger partial charge in [-0.3, -0.25) is 9.59 Å². The number of Topliss-reactive ketones (excluding diaryl/α,β-unsaturated/α-hetero) is 1. The summed E-state index contributed by atoms with van der Waals surface area (Å²) in [5, 5.41) is 13.0. The summed E-state index contributed by atoms with van der Waals surface area (Å²) in [6.45, 7) is 9.03.